The fourth-order valence-electron chi connectivity index (χ4n) is 2.90. The van der Waals surface area contributed by atoms with E-state index in [1.807, 2.05) is 27.8 Å². The molecule has 0 aliphatic rings. The Labute approximate surface area is 138 Å². The van der Waals surface area contributed by atoms with E-state index in [2.05, 4.69) is 48.3 Å². The summed E-state index contributed by atoms with van der Waals surface area (Å²) >= 11 is 0. The smallest absolute Gasteiger partial charge is 0.227 e. The Morgan fingerprint density at radius 2 is 1.78 bits per heavy atom. The molecule has 0 aliphatic carbocycles. The van der Waals surface area contributed by atoms with Crippen molar-refractivity contribution in [1.29, 1.82) is 0 Å². The van der Waals surface area contributed by atoms with Crippen LogP contribution in [0.15, 0.2) is 24.3 Å². The fourth-order valence-corrected chi connectivity index (χ4v) is 2.90. The molecule has 2 aromatic rings. The van der Waals surface area contributed by atoms with Crippen molar-refractivity contribution in [2.75, 3.05) is 7.05 Å². The third-order valence-corrected chi connectivity index (χ3v) is 4.58. The van der Waals surface area contributed by atoms with Gasteiger partial charge in [-0.1, -0.05) is 38.1 Å². The zero-order valence-corrected chi connectivity index (χ0v) is 15.0. The zero-order chi connectivity index (χ0) is 17.1. The highest BCUT2D eigenvalue weighted by Crippen LogP contribution is 2.24. The van der Waals surface area contributed by atoms with Crippen LogP contribution in [0.4, 0.5) is 0 Å². The lowest BCUT2D eigenvalue weighted by molar-refractivity contribution is -0.131. The van der Waals surface area contributed by atoms with E-state index in [0.717, 1.165) is 22.5 Å². The standard InChI is InChI=1S/C19H27N3O/c1-12(2)17-9-7-16(8-10-17)11-18(23)22(6)15(5)19-13(3)20-21-14(19)4/h7-10,12,15H,11H2,1-6H3,(H,20,21)/t15-/m1/s1. The molecule has 4 nitrogen and oxygen atoms in total. The van der Waals surface area contributed by atoms with Gasteiger partial charge < -0.3 is 4.90 Å². The molecule has 0 unspecified atom stereocenters. The van der Waals surface area contributed by atoms with Crippen LogP contribution in [0, 0.1) is 13.8 Å². The third-order valence-electron chi connectivity index (χ3n) is 4.58. The summed E-state index contributed by atoms with van der Waals surface area (Å²) < 4.78 is 0. The van der Waals surface area contributed by atoms with Crippen molar-refractivity contribution in [2.24, 2.45) is 0 Å². The molecule has 0 aliphatic heterocycles. The summed E-state index contributed by atoms with van der Waals surface area (Å²) in [6, 6.07) is 8.35. The molecule has 4 heteroatoms. The number of amides is 1. The van der Waals surface area contributed by atoms with Gasteiger partial charge in [0, 0.05) is 18.3 Å². The maximum absolute atomic E-state index is 12.6. The highest BCUT2D eigenvalue weighted by atomic mass is 16.2. The molecule has 1 amide bonds. The Morgan fingerprint density at radius 3 is 2.26 bits per heavy atom. The molecule has 124 valence electrons. The number of nitrogens with one attached hydrogen (secondary N) is 1. The van der Waals surface area contributed by atoms with Crippen molar-refractivity contribution in [3.05, 3.63) is 52.3 Å². The van der Waals surface area contributed by atoms with Crippen molar-refractivity contribution in [1.82, 2.24) is 15.1 Å². The van der Waals surface area contributed by atoms with Gasteiger partial charge in [-0.15, -0.1) is 0 Å². The first-order valence-corrected chi connectivity index (χ1v) is 8.17. The van der Waals surface area contributed by atoms with E-state index in [0.29, 0.717) is 12.3 Å². The lowest BCUT2D eigenvalue weighted by Crippen LogP contribution is -2.31. The zero-order valence-electron chi connectivity index (χ0n) is 15.0. The number of carbonyl (C=O) groups is 1. The molecule has 0 saturated carbocycles. The van der Waals surface area contributed by atoms with Crippen LogP contribution in [-0.2, 0) is 11.2 Å². The van der Waals surface area contributed by atoms with Crippen LogP contribution in [0.25, 0.3) is 0 Å². The van der Waals surface area contributed by atoms with Gasteiger partial charge >= 0.3 is 0 Å². The Bertz CT molecular complexity index is 651. The van der Waals surface area contributed by atoms with Crippen LogP contribution in [-0.4, -0.2) is 28.1 Å². The molecular formula is C19H27N3O. The van der Waals surface area contributed by atoms with Crippen LogP contribution >= 0.6 is 0 Å². The second kappa shape index (κ2) is 6.99. The lowest BCUT2D eigenvalue weighted by Gasteiger charge is -2.25. The Morgan fingerprint density at radius 1 is 1.17 bits per heavy atom. The van der Waals surface area contributed by atoms with Crippen molar-refractivity contribution in [3.8, 4) is 0 Å². The summed E-state index contributed by atoms with van der Waals surface area (Å²) in [4.78, 5) is 14.4. The average Bonchev–Trinajstić information content (AvgIpc) is 2.85. The van der Waals surface area contributed by atoms with Crippen LogP contribution in [0.2, 0.25) is 0 Å². The molecule has 1 aromatic carbocycles. The summed E-state index contributed by atoms with van der Waals surface area (Å²) in [5.74, 6) is 0.629. The maximum Gasteiger partial charge on any atom is 0.227 e. The van der Waals surface area contributed by atoms with Gasteiger partial charge in [-0.2, -0.15) is 5.10 Å². The number of hydrogen-bond acceptors (Lipinski definition) is 2. The predicted molar refractivity (Wildman–Crippen MR) is 93.5 cm³/mol. The van der Waals surface area contributed by atoms with Crippen LogP contribution in [0.3, 0.4) is 0 Å². The number of aromatic nitrogens is 2. The fraction of sp³-hybridized carbons (Fsp3) is 0.474. The largest absolute Gasteiger partial charge is 0.339 e. The van der Waals surface area contributed by atoms with Gasteiger partial charge in [-0.05, 0) is 37.8 Å². The highest BCUT2D eigenvalue weighted by Gasteiger charge is 2.22. The SMILES string of the molecule is Cc1n[nH]c(C)c1[C@@H](C)N(C)C(=O)Cc1ccc(C(C)C)cc1. The highest BCUT2D eigenvalue weighted by molar-refractivity contribution is 5.79. The van der Waals surface area contributed by atoms with Crippen molar-refractivity contribution >= 4 is 5.91 Å². The Balaban J connectivity index is 2.08. The van der Waals surface area contributed by atoms with E-state index in [9.17, 15) is 4.79 Å². The number of nitrogens with zero attached hydrogens (tertiary/aromatic N) is 2. The molecular weight excluding hydrogens is 286 g/mol. The van der Waals surface area contributed by atoms with E-state index < -0.39 is 0 Å². The van der Waals surface area contributed by atoms with E-state index in [-0.39, 0.29) is 11.9 Å². The normalized spacial score (nSPS) is 12.5. The average molecular weight is 313 g/mol. The number of carbonyl (C=O) groups excluding carboxylic acids is 1. The molecule has 1 aromatic heterocycles. The van der Waals surface area contributed by atoms with E-state index in [4.69, 9.17) is 0 Å². The Hall–Kier alpha value is -2.10. The van der Waals surface area contributed by atoms with Gasteiger partial charge in [0.2, 0.25) is 5.91 Å². The molecule has 2 rings (SSSR count). The minimum Gasteiger partial charge on any atom is -0.339 e. The first-order chi connectivity index (χ1) is 10.8. The molecule has 0 saturated heterocycles. The van der Waals surface area contributed by atoms with Gasteiger partial charge in [0.15, 0.2) is 0 Å². The second-order valence-electron chi connectivity index (χ2n) is 6.60. The summed E-state index contributed by atoms with van der Waals surface area (Å²) in [5, 5.41) is 7.22. The molecule has 23 heavy (non-hydrogen) atoms. The molecule has 1 N–H and O–H groups in total. The summed E-state index contributed by atoms with van der Waals surface area (Å²) in [7, 11) is 1.86. The van der Waals surface area contributed by atoms with Gasteiger partial charge in [-0.25, -0.2) is 0 Å². The minimum atomic E-state index is 0.0104. The Kier molecular flexibility index (Phi) is 5.24. The second-order valence-corrected chi connectivity index (χ2v) is 6.60. The molecule has 1 atom stereocenters. The lowest BCUT2D eigenvalue weighted by atomic mass is 10.00. The van der Waals surface area contributed by atoms with Crippen LogP contribution in [0.5, 0.6) is 0 Å². The first kappa shape index (κ1) is 17.3. The van der Waals surface area contributed by atoms with Crippen molar-refractivity contribution < 1.29 is 4.79 Å². The van der Waals surface area contributed by atoms with Crippen LogP contribution in [0.1, 0.15) is 60.8 Å². The van der Waals surface area contributed by atoms with Gasteiger partial charge in [0.25, 0.3) is 0 Å². The van der Waals surface area contributed by atoms with E-state index in [1.54, 1.807) is 4.90 Å². The number of hydrogen-bond donors (Lipinski definition) is 1. The van der Waals surface area contributed by atoms with Crippen LogP contribution < -0.4 is 0 Å². The molecule has 0 radical (unpaired) electrons. The van der Waals surface area contributed by atoms with Gasteiger partial charge in [-0.3, -0.25) is 9.89 Å². The summed E-state index contributed by atoms with van der Waals surface area (Å²) in [6.07, 6.45) is 0.426. The molecule has 0 bridgehead atoms. The predicted octanol–water partition coefficient (Wildman–Crippen LogP) is 3.91. The molecule has 0 spiro atoms. The quantitative estimate of drug-likeness (QED) is 0.909. The summed E-state index contributed by atoms with van der Waals surface area (Å²) in [5.41, 5.74) is 5.44. The number of aromatic amines is 1. The first-order valence-electron chi connectivity index (χ1n) is 8.17. The van der Waals surface area contributed by atoms with Gasteiger partial charge in [0.1, 0.15) is 0 Å². The number of benzene rings is 1. The maximum atomic E-state index is 12.6. The minimum absolute atomic E-state index is 0.0104. The van der Waals surface area contributed by atoms with Crippen molar-refractivity contribution in [3.63, 3.8) is 0 Å². The third kappa shape index (κ3) is 3.81. The number of likely N-dealkylation sites (N-methyl/N-ethyl adjacent to an activating group) is 1. The van der Waals surface area contributed by atoms with E-state index in [1.165, 1.54) is 5.56 Å². The number of H-pyrrole nitrogens is 1. The summed E-state index contributed by atoms with van der Waals surface area (Å²) in [6.45, 7) is 10.4. The number of rotatable bonds is 5. The van der Waals surface area contributed by atoms with E-state index >= 15 is 0 Å². The monoisotopic (exact) mass is 313 g/mol. The van der Waals surface area contributed by atoms with Crippen molar-refractivity contribution in [2.45, 2.75) is 53.0 Å². The topological polar surface area (TPSA) is 49.0 Å². The number of aryl methyl sites for hydroxylation is 2. The molecule has 1 heterocycles. The van der Waals surface area contributed by atoms with Gasteiger partial charge in [0.05, 0.1) is 18.2 Å². The molecule has 0 fully saturated rings.